The van der Waals surface area contributed by atoms with E-state index in [2.05, 4.69) is 9.97 Å². The first-order valence-electron chi connectivity index (χ1n) is 7.40. The van der Waals surface area contributed by atoms with E-state index >= 15 is 0 Å². The number of aromatic nitrogens is 2. The van der Waals surface area contributed by atoms with Gasteiger partial charge in [0.2, 0.25) is 5.91 Å². The van der Waals surface area contributed by atoms with E-state index in [9.17, 15) is 14.7 Å². The molecule has 0 aliphatic carbocycles. The highest BCUT2D eigenvalue weighted by Gasteiger charge is 2.27. The molecule has 1 aromatic heterocycles. The van der Waals surface area contributed by atoms with Crippen molar-refractivity contribution >= 4 is 5.91 Å². The van der Waals surface area contributed by atoms with Crippen molar-refractivity contribution in [2.24, 2.45) is 5.92 Å². The number of nitrogens with one attached hydrogen (secondary N) is 1. The predicted molar refractivity (Wildman–Crippen MR) is 79.0 cm³/mol. The number of amides is 1. The maximum Gasteiger partial charge on any atom is 0.254 e. The van der Waals surface area contributed by atoms with Crippen LogP contribution in [0.1, 0.15) is 36.8 Å². The third-order valence-corrected chi connectivity index (χ3v) is 4.14. The van der Waals surface area contributed by atoms with Gasteiger partial charge in [-0.3, -0.25) is 9.59 Å². The van der Waals surface area contributed by atoms with Crippen LogP contribution >= 0.6 is 0 Å². The van der Waals surface area contributed by atoms with E-state index in [0.717, 1.165) is 0 Å². The summed E-state index contributed by atoms with van der Waals surface area (Å²) in [6.07, 6.45) is 1.01. The molecule has 1 aromatic rings. The van der Waals surface area contributed by atoms with Crippen LogP contribution in [0.15, 0.2) is 4.79 Å². The molecule has 1 aliphatic heterocycles. The summed E-state index contributed by atoms with van der Waals surface area (Å²) in [6, 6.07) is 0. The maximum absolute atomic E-state index is 12.2. The minimum absolute atomic E-state index is 0.0353. The second kappa shape index (κ2) is 6.39. The molecule has 2 N–H and O–H groups in total. The number of nitrogens with zero attached hydrogens (tertiary/aromatic N) is 2. The Labute approximate surface area is 124 Å². The van der Waals surface area contributed by atoms with Crippen LogP contribution in [0.4, 0.5) is 0 Å². The zero-order valence-corrected chi connectivity index (χ0v) is 12.8. The number of hydrogen-bond acceptors (Lipinski definition) is 4. The quantitative estimate of drug-likeness (QED) is 0.852. The SMILES string of the molecule is Cc1nc(C)c(CCC(=O)N2CCC(O)C(C)C2)c(=O)[nH]1. The lowest BCUT2D eigenvalue weighted by Crippen LogP contribution is -2.45. The largest absolute Gasteiger partial charge is 0.393 e. The zero-order chi connectivity index (χ0) is 15.6. The number of rotatable bonds is 3. The Morgan fingerprint density at radius 2 is 2.19 bits per heavy atom. The van der Waals surface area contributed by atoms with Gasteiger partial charge in [0.15, 0.2) is 0 Å². The Hall–Kier alpha value is -1.69. The first kappa shape index (κ1) is 15.7. The number of H-pyrrole nitrogens is 1. The van der Waals surface area contributed by atoms with E-state index in [0.29, 0.717) is 49.4 Å². The van der Waals surface area contributed by atoms with Gasteiger partial charge in [0, 0.05) is 30.8 Å². The number of aromatic amines is 1. The van der Waals surface area contributed by atoms with Gasteiger partial charge in [-0.25, -0.2) is 4.98 Å². The van der Waals surface area contributed by atoms with E-state index < -0.39 is 0 Å². The van der Waals surface area contributed by atoms with E-state index in [1.807, 2.05) is 6.92 Å². The summed E-state index contributed by atoms with van der Waals surface area (Å²) in [6.45, 7) is 6.65. The van der Waals surface area contributed by atoms with Gasteiger partial charge in [-0.15, -0.1) is 0 Å². The fourth-order valence-corrected chi connectivity index (χ4v) is 2.80. The molecule has 1 fully saturated rings. The van der Waals surface area contributed by atoms with Crippen LogP contribution in [-0.2, 0) is 11.2 Å². The van der Waals surface area contributed by atoms with Gasteiger partial charge in [0.05, 0.1) is 6.10 Å². The first-order valence-corrected chi connectivity index (χ1v) is 7.40. The molecule has 1 aliphatic rings. The number of aliphatic hydroxyl groups is 1. The second-order valence-electron chi connectivity index (χ2n) is 5.89. The Kier molecular flexibility index (Phi) is 4.77. The highest BCUT2D eigenvalue weighted by Crippen LogP contribution is 2.17. The normalized spacial score (nSPS) is 22.4. The van der Waals surface area contributed by atoms with Crippen LogP contribution in [0.25, 0.3) is 0 Å². The number of carbonyl (C=O) groups excluding carboxylic acids is 1. The lowest BCUT2D eigenvalue weighted by atomic mass is 9.96. The fraction of sp³-hybridized carbons (Fsp3) is 0.667. The summed E-state index contributed by atoms with van der Waals surface area (Å²) in [5, 5.41) is 9.69. The number of piperidine rings is 1. The molecular weight excluding hydrogens is 270 g/mol. The molecule has 0 radical (unpaired) electrons. The van der Waals surface area contributed by atoms with Gasteiger partial charge in [0.1, 0.15) is 5.82 Å². The molecule has 1 saturated heterocycles. The van der Waals surface area contributed by atoms with Crippen molar-refractivity contribution in [2.75, 3.05) is 13.1 Å². The molecule has 6 nitrogen and oxygen atoms in total. The van der Waals surface area contributed by atoms with E-state index in [-0.39, 0.29) is 23.5 Å². The molecule has 6 heteroatoms. The number of aliphatic hydroxyl groups excluding tert-OH is 1. The summed E-state index contributed by atoms with van der Waals surface area (Å²) in [5.41, 5.74) is 1.11. The van der Waals surface area contributed by atoms with Crippen LogP contribution in [0.2, 0.25) is 0 Å². The van der Waals surface area contributed by atoms with Crippen molar-refractivity contribution < 1.29 is 9.90 Å². The standard InChI is InChI=1S/C15H23N3O3/c1-9-8-18(7-6-13(9)19)14(20)5-4-12-10(2)16-11(3)17-15(12)21/h9,13,19H,4-8H2,1-3H3,(H,16,17,21). The van der Waals surface area contributed by atoms with Crippen molar-refractivity contribution in [1.82, 2.24) is 14.9 Å². The van der Waals surface area contributed by atoms with E-state index in [4.69, 9.17) is 0 Å². The van der Waals surface area contributed by atoms with Crippen LogP contribution < -0.4 is 5.56 Å². The maximum atomic E-state index is 12.2. The number of likely N-dealkylation sites (tertiary alicyclic amines) is 1. The average Bonchev–Trinajstić information content (AvgIpc) is 2.40. The number of aryl methyl sites for hydroxylation is 2. The Bertz CT molecular complexity index is 582. The minimum Gasteiger partial charge on any atom is -0.393 e. The molecule has 0 saturated carbocycles. The molecule has 2 unspecified atom stereocenters. The third kappa shape index (κ3) is 3.69. The van der Waals surface area contributed by atoms with Crippen molar-refractivity contribution in [2.45, 2.75) is 46.1 Å². The van der Waals surface area contributed by atoms with Crippen molar-refractivity contribution in [3.05, 3.63) is 27.4 Å². The topological polar surface area (TPSA) is 86.3 Å². The van der Waals surface area contributed by atoms with Crippen LogP contribution in [0.5, 0.6) is 0 Å². The fourth-order valence-electron chi connectivity index (χ4n) is 2.80. The number of carbonyl (C=O) groups is 1. The van der Waals surface area contributed by atoms with Gasteiger partial charge in [-0.05, 0) is 32.6 Å². The van der Waals surface area contributed by atoms with Crippen molar-refractivity contribution in [3.63, 3.8) is 0 Å². The zero-order valence-electron chi connectivity index (χ0n) is 12.8. The summed E-state index contributed by atoms with van der Waals surface area (Å²) in [5.74, 6) is 0.730. The average molecular weight is 293 g/mol. The second-order valence-corrected chi connectivity index (χ2v) is 5.89. The highest BCUT2D eigenvalue weighted by atomic mass is 16.3. The molecule has 2 heterocycles. The molecule has 0 aromatic carbocycles. The highest BCUT2D eigenvalue weighted by molar-refractivity contribution is 5.76. The van der Waals surface area contributed by atoms with E-state index in [1.165, 1.54) is 0 Å². The third-order valence-electron chi connectivity index (χ3n) is 4.14. The summed E-state index contributed by atoms with van der Waals surface area (Å²) in [4.78, 5) is 32.8. The summed E-state index contributed by atoms with van der Waals surface area (Å²) >= 11 is 0. The minimum atomic E-state index is -0.319. The predicted octanol–water partition coefficient (Wildman–Crippen LogP) is 0.549. The van der Waals surface area contributed by atoms with Crippen molar-refractivity contribution in [1.29, 1.82) is 0 Å². The van der Waals surface area contributed by atoms with Gasteiger partial charge in [-0.1, -0.05) is 6.92 Å². The van der Waals surface area contributed by atoms with Crippen LogP contribution in [0.3, 0.4) is 0 Å². The van der Waals surface area contributed by atoms with Gasteiger partial charge in [-0.2, -0.15) is 0 Å². The summed E-state index contributed by atoms with van der Waals surface area (Å²) in [7, 11) is 0. The number of hydrogen-bond donors (Lipinski definition) is 2. The summed E-state index contributed by atoms with van der Waals surface area (Å²) < 4.78 is 0. The van der Waals surface area contributed by atoms with E-state index in [1.54, 1.807) is 18.7 Å². The molecule has 0 bridgehead atoms. The monoisotopic (exact) mass is 293 g/mol. The van der Waals surface area contributed by atoms with Crippen molar-refractivity contribution in [3.8, 4) is 0 Å². The smallest absolute Gasteiger partial charge is 0.254 e. The van der Waals surface area contributed by atoms with Crippen LogP contribution in [0, 0.1) is 19.8 Å². The van der Waals surface area contributed by atoms with Gasteiger partial charge < -0.3 is 15.0 Å². The first-order chi connectivity index (χ1) is 9.88. The molecule has 2 rings (SSSR count). The molecule has 21 heavy (non-hydrogen) atoms. The van der Waals surface area contributed by atoms with Gasteiger partial charge in [0.25, 0.3) is 5.56 Å². The van der Waals surface area contributed by atoms with Crippen LogP contribution in [-0.4, -0.2) is 45.1 Å². The Balaban J connectivity index is 1.97. The molecule has 2 atom stereocenters. The molecule has 1 amide bonds. The lowest BCUT2D eigenvalue weighted by molar-refractivity contribution is -0.134. The molecule has 116 valence electrons. The lowest BCUT2D eigenvalue weighted by Gasteiger charge is -2.34. The Morgan fingerprint density at radius 3 is 2.81 bits per heavy atom. The molecule has 0 spiro atoms. The van der Waals surface area contributed by atoms with Gasteiger partial charge >= 0.3 is 0 Å². The molecular formula is C15H23N3O3. The Morgan fingerprint density at radius 1 is 1.48 bits per heavy atom.